The third kappa shape index (κ3) is 4.80. The summed E-state index contributed by atoms with van der Waals surface area (Å²) >= 11 is 0. The predicted molar refractivity (Wildman–Crippen MR) is 119 cm³/mol. The molecule has 0 spiro atoms. The van der Waals surface area contributed by atoms with Crippen LogP contribution in [-0.4, -0.2) is 21.3 Å². The lowest BCUT2D eigenvalue weighted by molar-refractivity contribution is 0.0118. The average Bonchev–Trinajstić information content (AvgIpc) is 2.74. The van der Waals surface area contributed by atoms with Crippen LogP contribution in [0.25, 0.3) is 0 Å². The van der Waals surface area contributed by atoms with Crippen LogP contribution in [0.4, 0.5) is 0 Å². The van der Waals surface area contributed by atoms with Gasteiger partial charge in [-0.1, -0.05) is 116 Å². The quantitative estimate of drug-likeness (QED) is 0.601. The summed E-state index contributed by atoms with van der Waals surface area (Å²) in [7, 11) is -0.0112. The smallest absolute Gasteiger partial charge is 0.137 e. The van der Waals surface area contributed by atoms with Gasteiger partial charge < -0.3 is 4.74 Å². The lowest BCUT2D eigenvalue weighted by Gasteiger charge is -2.33. The molecule has 1 saturated carbocycles. The summed E-state index contributed by atoms with van der Waals surface area (Å²) in [4.78, 5) is 0. The van der Waals surface area contributed by atoms with Crippen LogP contribution in [0.15, 0.2) is 72.4 Å². The van der Waals surface area contributed by atoms with Gasteiger partial charge in [-0.25, -0.2) is 0 Å². The van der Waals surface area contributed by atoms with Gasteiger partial charge in [0, 0.05) is 13.0 Å². The van der Waals surface area contributed by atoms with E-state index in [1.54, 1.807) is 0 Å². The molecule has 0 aliphatic heterocycles. The minimum Gasteiger partial charge on any atom is -0.381 e. The lowest BCUT2D eigenvalue weighted by atomic mass is 9.81. The molecular weight excluding hydrogens is 344 g/mol. The first-order valence-corrected chi connectivity index (χ1v) is 13.1. The fourth-order valence-corrected chi connectivity index (χ4v) is 7.86. The van der Waals surface area contributed by atoms with Crippen LogP contribution in [0, 0.1) is 11.8 Å². The summed E-state index contributed by atoms with van der Waals surface area (Å²) in [5, 5.41) is 2.93. The van der Waals surface area contributed by atoms with Crippen molar-refractivity contribution >= 4 is 18.4 Å². The zero-order valence-corrected chi connectivity index (χ0v) is 18.1. The summed E-state index contributed by atoms with van der Waals surface area (Å²) < 4.78 is 5.99. The summed E-state index contributed by atoms with van der Waals surface area (Å²) in [5.41, 5.74) is 2.54. The van der Waals surface area contributed by atoms with Crippen LogP contribution < -0.4 is 10.4 Å². The second-order valence-corrected chi connectivity index (χ2v) is 12.1. The zero-order valence-electron chi connectivity index (χ0n) is 17.1. The Bertz CT molecular complexity index is 664. The van der Waals surface area contributed by atoms with E-state index < -0.39 is 8.07 Å². The van der Waals surface area contributed by atoms with Crippen LogP contribution in [0.3, 0.4) is 0 Å². The van der Waals surface area contributed by atoms with Gasteiger partial charge in [0.05, 0.1) is 6.10 Å². The molecule has 0 amide bonds. The van der Waals surface area contributed by atoms with E-state index in [1.807, 2.05) is 7.11 Å². The molecule has 0 aromatic heterocycles. The second kappa shape index (κ2) is 9.52. The Morgan fingerprint density at radius 2 is 1.41 bits per heavy atom. The highest BCUT2D eigenvalue weighted by atomic mass is 28.3. The van der Waals surface area contributed by atoms with Crippen LogP contribution in [-0.2, 0) is 4.74 Å². The molecule has 2 aromatic rings. The van der Waals surface area contributed by atoms with E-state index in [0.717, 1.165) is 0 Å². The van der Waals surface area contributed by atoms with Crippen molar-refractivity contribution in [2.75, 3.05) is 7.11 Å². The zero-order chi connectivity index (χ0) is 19.1. The Balaban J connectivity index is 1.87. The molecule has 0 unspecified atom stereocenters. The predicted octanol–water partition coefficient (Wildman–Crippen LogP) is 5.21. The second-order valence-electron chi connectivity index (χ2n) is 8.25. The van der Waals surface area contributed by atoms with Crippen molar-refractivity contribution in [1.29, 1.82) is 0 Å². The lowest BCUT2D eigenvalue weighted by Crippen LogP contribution is -2.54. The number of hydrogen-bond acceptors (Lipinski definition) is 1. The molecule has 0 heterocycles. The van der Waals surface area contributed by atoms with Crippen LogP contribution in [0.2, 0.25) is 6.55 Å². The van der Waals surface area contributed by atoms with Crippen LogP contribution >= 0.6 is 0 Å². The molecule has 0 bridgehead atoms. The van der Waals surface area contributed by atoms with E-state index in [0.29, 0.717) is 17.9 Å². The number of methoxy groups -OCH3 is 1. The van der Waals surface area contributed by atoms with Crippen molar-refractivity contribution in [3.05, 3.63) is 72.4 Å². The van der Waals surface area contributed by atoms with E-state index in [9.17, 15) is 0 Å². The monoisotopic (exact) mass is 378 g/mol. The molecule has 3 rings (SSSR count). The third-order valence-electron chi connectivity index (χ3n) is 6.38. The summed E-state index contributed by atoms with van der Waals surface area (Å²) in [6.45, 7) is 4.80. The Kier molecular flexibility index (Phi) is 7.09. The highest BCUT2D eigenvalue weighted by Gasteiger charge is 2.31. The first-order chi connectivity index (χ1) is 13.1. The maximum Gasteiger partial charge on any atom is 0.137 e. The number of rotatable bonds is 7. The molecule has 2 heteroatoms. The van der Waals surface area contributed by atoms with E-state index in [2.05, 4.69) is 85.9 Å². The molecule has 144 valence electrons. The molecule has 0 N–H and O–H groups in total. The van der Waals surface area contributed by atoms with Gasteiger partial charge >= 0.3 is 0 Å². The Labute approximate surface area is 166 Å². The highest BCUT2D eigenvalue weighted by Crippen LogP contribution is 2.31. The van der Waals surface area contributed by atoms with E-state index in [-0.39, 0.29) is 0 Å². The van der Waals surface area contributed by atoms with Gasteiger partial charge in [0.1, 0.15) is 8.07 Å². The fraction of sp³-hybridized carbons (Fsp3) is 0.440. The SMILES string of the molecule is CO[C@H](C1CCCCC1)[C@H](C)/C=C/[Si](C)(c1ccccc1)c1ccccc1. The van der Waals surface area contributed by atoms with Gasteiger partial charge in [-0.15, -0.1) is 0 Å². The van der Waals surface area contributed by atoms with Gasteiger partial charge in [-0.05, 0) is 18.8 Å². The van der Waals surface area contributed by atoms with Crippen LogP contribution in [0.5, 0.6) is 0 Å². The Morgan fingerprint density at radius 3 is 1.89 bits per heavy atom. The molecule has 27 heavy (non-hydrogen) atoms. The Morgan fingerprint density at radius 1 is 0.889 bits per heavy atom. The van der Waals surface area contributed by atoms with Crippen molar-refractivity contribution in [2.24, 2.45) is 11.8 Å². The largest absolute Gasteiger partial charge is 0.381 e. The molecule has 1 aliphatic rings. The van der Waals surface area contributed by atoms with E-state index in [1.165, 1.54) is 42.5 Å². The maximum absolute atomic E-state index is 5.99. The topological polar surface area (TPSA) is 9.23 Å². The van der Waals surface area contributed by atoms with Gasteiger partial charge in [0.2, 0.25) is 0 Å². The molecule has 2 aromatic carbocycles. The number of benzene rings is 2. The van der Waals surface area contributed by atoms with Gasteiger partial charge in [-0.2, -0.15) is 0 Å². The summed E-state index contributed by atoms with van der Waals surface area (Å²) in [6.07, 6.45) is 9.56. The molecule has 0 radical (unpaired) electrons. The summed E-state index contributed by atoms with van der Waals surface area (Å²) in [5.74, 6) is 1.15. The number of hydrogen-bond donors (Lipinski definition) is 0. The van der Waals surface area contributed by atoms with Gasteiger partial charge in [0.15, 0.2) is 0 Å². The molecule has 2 atom stereocenters. The molecule has 1 fully saturated rings. The van der Waals surface area contributed by atoms with E-state index in [4.69, 9.17) is 4.74 Å². The van der Waals surface area contributed by atoms with Crippen molar-refractivity contribution in [2.45, 2.75) is 51.7 Å². The summed E-state index contributed by atoms with van der Waals surface area (Å²) in [6, 6.07) is 22.1. The first kappa shape index (κ1) is 20.1. The van der Waals surface area contributed by atoms with Crippen molar-refractivity contribution in [3.63, 3.8) is 0 Å². The minimum absolute atomic E-state index is 0.339. The standard InChI is InChI=1S/C25H34OSi/c1-21(25(26-2)22-13-7-4-8-14-22)19-20-27(3,23-15-9-5-10-16-23)24-17-11-6-12-18-24/h5-6,9-12,15-22,25H,4,7-8,13-14H2,1-3H3/b20-19+/t21-,25+/m1/s1. The normalized spacial score (nSPS) is 18.5. The minimum atomic E-state index is -1.91. The third-order valence-corrected chi connectivity index (χ3v) is 10.3. The van der Waals surface area contributed by atoms with E-state index >= 15 is 0 Å². The first-order valence-electron chi connectivity index (χ1n) is 10.5. The highest BCUT2D eigenvalue weighted by molar-refractivity contribution is 7.05. The molecule has 1 nitrogen and oxygen atoms in total. The van der Waals surface area contributed by atoms with Crippen molar-refractivity contribution in [1.82, 2.24) is 0 Å². The number of ether oxygens (including phenoxy) is 1. The maximum atomic E-state index is 5.99. The average molecular weight is 379 g/mol. The Hall–Kier alpha value is -1.64. The fourth-order valence-electron chi connectivity index (χ4n) is 4.68. The van der Waals surface area contributed by atoms with Gasteiger partial charge in [-0.3, -0.25) is 0 Å². The molecule has 0 saturated heterocycles. The molecular formula is C25H34OSi. The van der Waals surface area contributed by atoms with Crippen LogP contribution in [0.1, 0.15) is 39.0 Å². The van der Waals surface area contributed by atoms with Gasteiger partial charge in [0.25, 0.3) is 0 Å². The van der Waals surface area contributed by atoms with Crippen molar-refractivity contribution < 1.29 is 4.74 Å². The molecule has 1 aliphatic carbocycles. The van der Waals surface area contributed by atoms with Crippen molar-refractivity contribution in [3.8, 4) is 0 Å².